The first-order valence-corrected chi connectivity index (χ1v) is 14.5. The van der Waals surface area contributed by atoms with Crippen molar-refractivity contribution >= 4 is 59.6 Å². The van der Waals surface area contributed by atoms with Crippen LogP contribution >= 0.6 is 11.3 Å². The molecule has 41 heavy (non-hydrogen) atoms. The summed E-state index contributed by atoms with van der Waals surface area (Å²) in [6.45, 7) is 0. The molecular formula is C37H25N3S. The van der Waals surface area contributed by atoms with Crippen molar-refractivity contribution in [3.63, 3.8) is 0 Å². The van der Waals surface area contributed by atoms with Gasteiger partial charge in [0.05, 0.1) is 16.7 Å². The number of benzene rings is 5. The number of nitrogens with zero attached hydrogens (tertiary/aromatic N) is 3. The van der Waals surface area contributed by atoms with Crippen molar-refractivity contribution in [1.29, 1.82) is 0 Å². The smallest absolute Gasteiger partial charge is 0.0984 e. The van der Waals surface area contributed by atoms with Crippen LogP contribution in [0.4, 0.5) is 17.1 Å². The van der Waals surface area contributed by atoms with Crippen LogP contribution in [0.25, 0.3) is 48.0 Å². The van der Waals surface area contributed by atoms with Crippen molar-refractivity contribution in [2.75, 3.05) is 4.90 Å². The molecule has 0 saturated heterocycles. The second-order valence-electron chi connectivity index (χ2n) is 10.1. The van der Waals surface area contributed by atoms with Gasteiger partial charge in [-0.3, -0.25) is 4.98 Å². The van der Waals surface area contributed by atoms with Crippen LogP contribution in [0.5, 0.6) is 0 Å². The molecular weight excluding hydrogens is 518 g/mol. The van der Waals surface area contributed by atoms with Gasteiger partial charge in [-0.05, 0) is 60.2 Å². The molecule has 5 aromatic carbocycles. The maximum atomic E-state index is 5.01. The van der Waals surface area contributed by atoms with Crippen molar-refractivity contribution in [3.8, 4) is 16.8 Å². The van der Waals surface area contributed by atoms with Crippen LogP contribution in [-0.4, -0.2) is 9.55 Å². The lowest BCUT2D eigenvalue weighted by molar-refractivity contribution is 1.12. The zero-order valence-electron chi connectivity index (χ0n) is 22.2. The molecule has 0 amide bonds. The summed E-state index contributed by atoms with van der Waals surface area (Å²) in [4.78, 5) is 7.33. The van der Waals surface area contributed by atoms with E-state index in [2.05, 4.69) is 155 Å². The molecule has 4 heteroatoms. The summed E-state index contributed by atoms with van der Waals surface area (Å²) in [5.41, 5.74) is 8.69. The molecule has 0 aliphatic carbocycles. The van der Waals surface area contributed by atoms with E-state index in [-0.39, 0.29) is 0 Å². The highest BCUT2D eigenvalue weighted by atomic mass is 32.1. The number of hydrogen-bond donors (Lipinski definition) is 0. The van der Waals surface area contributed by atoms with Gasteiger partial charge in [-0.1, -0.05) is 84.9 Å². The standard InChI is InChI=1S/C37H25N3S/c1-4-12-27(13-5-1)39-25-32(26-20-21-31-30-18-10-11-19-34(30)41-35(31)24-26)36-37(39)33(22-23-38-36)40(28-14-6-2-7-15-28)29-16-8-3-9-17-29/h1-25H. The van der Waals surface area contributed by atoms with Crippen molar-refractivity contribution in [1.82, 2.24) is 9.55 Å². The Hall–Kier alpha value is -5.19. The molecule has 3 nitrogen and oxygen atoms in total. The first-order valence-electron chi connectivity index (χ1n) is 13.7. The largest absolute Gasteiger partial charge is 0.313 e. The van der Waals surface area contributed by atoms with E-state index in [1.165, 1.54) is 25.7 Å². The molecule has 0 fully saturated rings. The Morgan fingerprint density at radius 3 is 1.95 bits per heavy atom. The Bertz CT molecular complexity index is 2110. The summed E-state index contributed by atoms with van der Waals surface area (Å²) < 4.78 is 4.89. The monoisotopic (exact) mass is 543 g/mol. The Kier molecular flexibility index (Phi) is 5.64. The third kappa shape index (κ3) is 4.00. The van der Waals surface area contributed by atoms with E-state index in [1.807, 2.05) is 17.5 Å². The minimum atomic E-state index is 0.976. The SMILES string of the molecule is c1ccc(N(c2ccccc2)c2ccnc3c(-c4ccc5c(c4)sc4ccccc45)cn(-c4ccccc4)c23)cc1. The van der Waals surface area contributed by atoms with Crippen LogP contribution in [0, 0.1) is 0 Å². The molecule has 0 saturated carbocycles. The molecule has 0 N–H and O–H groups in total. The van der Waals surface area contributed by atoms with Crippen molar-refractivity contribution in [3.05, 3.63) is 152 Å². The van der Waals surface area contributed by atoms with Crippen LogP contribution in [-0.2, 0) is 0 Å². The average Bonchev–Trinajstić information content (AvgIpc) is 3.62. The molecule has 0 aliphatic heterocycles. The number of para-hydroxylation sites is 3. The molecule has 0 unspecified atom stereocenters. The first kappa shape index (κ1) is 23.7. The lowest BCUT2D eigenvalue weighted by Crippen LogP contribution is -2.11. The first-order chi connectivity index (χ1) is 20.3. The van der Waals surface area contributed by atoms with Crippen LogP contribution < -0.4 is 4.90 Å². The second-order valence-corrected chi connectivity index (χ2v) is 11.2. The minimum Gasteiger partial charge on any atom is -0.313 e. The third-order valence-corrected chi connectivity index (χ3v) is 8.78. The fourth-order valence-corrected chi connectivity index (χ4v) is 6.94. The van der Waals surface area contributed by atoms with Crippen molar-refractivity contribution in [2.45, 2.75) is 0 Å². The number of aromatic nitrogens is 2. The zero-order chi connectivity index (χ0) is 27.2. The molecule has 194 valence electrons. The predicted molar refractivity (Wildman–Crippen MR) is 174 cm³/mol. The quantitative estimate of drug-likeness (QED) is 0.215. The lowest BCUT2D eigenvalue weighted by atomic mass is 10.0. The van der Waals surface area contributed by atoms with Crippen molar-refractivity contribution in [2.24, 2.45) is 0 Å². The second kappa shape index (κ2) is 9.77. The number of rotatable bonds is 5. The van der Waals surface area contributed by atoms with E-state index < -0.39 is 0 Å². The summed E-state index contributed by atoms with van der Waals surface area (Å²) in [7, 11) is 0. The van der Waals surface area contributed by atoms with Gasteiger partial charge in [0.1, 0.15) is 0 Å². The van der Waals surface area contributed by atoms with Gasteiger partial charge in [0.2, 0.25) is 0 Å². The van der Waals surface area contributed by atoms with Crippen LogP contribution in [0.15, 0.2) is 152 Å². The fourth-order valence-electron chi connectivity index (χ4n) is 5.79. The van der Waals surface area contributed by atoms with E-state index in [4.69, 9.17) is 4.98 Å². The summed E-state index contributed by atoms with van der Waals surface area (Å²) in [5, 5.41) is 2.61. The Morgan fingerprint density at radius 1 is 0.585 bits per heavy atom. The van der Waals surface area contributed by atoms with E-state index >= 15 is 0 Å². The van der Waals surface area contributed by atoms with Gasteiger partial charge in [-0.15, -0.1) is 11.3 Å². The summed E-state index contributed by atoms with van der Waals surface area (Å²) in [6, 6.07) is 49.3. The number of fused-ring (bicyclic) bond motifs is 4. The van der Waals surface area contributed by atoms with Gasteiger partial charge >= 0.3 is 0 Å². The molecule has 3 aromatic heterocycles. The number of thiophene rings is 1. The minimum absolute atomic E-state index is 0.976. The molecule has 0 aliphatic rings. The molecule has 0 radical (unpaired) electrons. The van der Waals surface area contributed by atoms with Crippen molar-refractivity contribution < 1.29 is 0 Å². The Balaban J connectivity index is 1.41. The van der Waals surface area contributed by atoms with Gasteiger partial charge in [0.25, 0.3) is 0 Å². The predicted octanol–water partition coefficient (Wildman–Crippen LogP) is 10.5. The van der Waals surface area contributed by atoms with E-state index in [0.717, 1.165) is 39.3 Å². The van der Waals surface area contributed by atoms with Gasteiger partial charge in [-0.25, -0.2) is 0 Å². The average molecular weight is 544 g/mol. The van der Waals surface area contributed by atoms with Gasteiger partial charge in [0.15, 0.2) is 0 Å². The number of anilines is 3. The summed E-state index contributed by atoms with van der Waals surface area (Å²) >= 11 is 1.85. The summed E-state index contributed by atoms with van der Waals surface area (Å²) in [6.07, 6.45) is 4.19. The fraction of sp³-hybridized carbons (Fsp3) is 0. The number of hydrogen-bond acceptors (Lipinski definition) is 3. The molecule has 0 bridgehead atoms. The van der Waals surface area contributed by atoms with Crippen LogP contribution in [0.2, 0.25) is 0 Å². The molecule has 3 heterocycles. The normalized spacial score (nSPS) is 11.4. The highest BCUT2D eigenvalue weighted by Gasteiger charge is 2.22. The van der Waals surface area contributed by atoms with Crippen LogP contribution in [0.1, 0.15) is 0 Å². The highest BCUT2D eigenvalue weighted by molar-refractivity contribution is 7.25. The highest BCUT2D eigenvalue weighted by Crippen LogP contribution is 2.43. The van der Waals surface area contributed by atoms with E-state index in [1.54, 1.807) is 0 Å². The van der Waals surface area contributed by atoms with E-state index in [9.17, 15) is 0 Å². The Labute approximate surface area is 242 Å². The maximum Gasteiger partial charge on any atom is 0.0984 e. The van der Waals surface area contributed by atoms with Gasteiger partial charge in [0, 0.05) is 55.2 Å². The number of pyridine rings is 1. The third-order valence-electron chi connectivity index (χ3n) is 7.65. The topological polar surface area (TPSA) is 21.1 Å². The van der Waals surface area contributed by atoms with E-state index in [0.29, 0.717) is 0 Å². The van der Waals surface area contributed by atoms with Gasteiger partial charge < -0.3 is 9.47 Å². The molecule has 0 atom stereocenters. The zero-order valence-corrected chi connectivity index (χ0v) is 23.0. The lowest BCUT2D eigenvalue weighted by Gasteiger charge is -2.26. The molecule has 0 spiro atoms. The summed E-state index contributed by atoms with van der Waals surface area (Å²) in [5.74, 6) is 0. The molecule has 8 aromatic rings. The van der Waals surface area contributed by atoms with Gasteiger partial charge in [-0.2, -0.15) is 0 Å². The Morgan fingerprint density at radius 2 is 1.22 bits per heavy atom. The maximum absolute atomic E-state index is 5.01. The van der Waals surface area contributed by atoms with Crippen LogP contribution in [0.3, 0.4) is 0 Å². The molecule has 8 rings (SSSR count).